The van der Waals surface area contributed by atoms with Gasteiger partial charge in [-0.2, -0.15) is 0 Å². The maximum Gasteiger partial charge on any atom is 0.0894 e. The number of H-pyrrole nitrogens is 1. The lowest BCUT2D eigenvalue weighted by Crippen LogP contribution is -2.40. The van der Waals surface area contributed by atoms with Gasteiger partial charge in [-0.3, -0.25) is 9.89 Å². The largest absolute Gasteiger partial charge is 0.360 e. The zero-order valence-electron chi connectivity index (χ0n) is 17.5. The molecule has 2 atom stereocenters. The predicted molar refractivity (Wildman–Crippen MR) is 114 cm³/mol. The second-order valence-electron chi connectivity index (χ2n) is 8.68. The number of hydrogen-bond acceptors (Lipinski definition) is 2. The van der Waals surface area contributed by atoms with E-state index in [0.29, 0.717) is 6.04 Å². The summed E-state index contributed by atoms with van der Waals surface area (Å²) < 4.78 is 0. The Kier molecular flexibility index (Phi) is 4.98. The van der Waals surface area contributed by atoms with Gasteiger partial charge in [-0.25, -0.2) is 0 Å². The summed E-state index contributed by atoms with van der Waals surface area (Å²) in [4.78, 5) is 11.5. The number of benzene rings is 1. The Balaban J connectivity index is 1.76. The molecule has 144 valence electrons. The van der Waals surface area contributed by atoms with Crippen LogP contribution in [0.15, 0.2) is 29.4 Å². The number of aromatic amines is 1. The number of aromatic nitrogens is 1. The molecule has 0 amide bonds. The van der Waals surface area contributed by atoms with Gasteiger partial charge in [0.1, 0.15) is 0 Å². The minimum absolute atomic E-state index is 0.272. The number of aryl methyl sites for hydroxylation is 3. The first kappa shape index (κ1) is 18.5. The van der Waals surface area contributed by atoms with E-state index in [0.717, 1.165) is 18.2 Å². The van der Waals surface area contributed by atoms with Crippen molar-refractivity contribution in [1.29, 1.82) is 0 Å². The van der Waals surface area contributed by atoms with Gasteiger partial charge in [0, 0.05) is 18.3 Å². The van der Waals surface area contributed by atoms with Gasteiger partial charge in [-0.15, -0.1) is 0 Å². The molecule has 1 fully saturated rings. The maximum atomic E-state index is 5.27. The van der Waals surface area contributed by atoms with E-state index in [-0.39, 0.29) is 6.04 Å². The standard InChI is InChI=1S/C24H33N3/c1-6-11-27(14-19-7-8-19)24-18(5)26-23(22-20(24)9-10-25-22)21-16(3)12-15(2)13-17(21)4/h9-10,12-13,18-19,24-25H,6-8,11,14H2,1-5H3. The molecule has 1 saturated carbocycles. The van der Waals surface area contributed by atoms with Crippen LogP contribution in [0.4, 0.5) is 0 Å². The molecule has 3 heteroatoms. The van der Waals surface area contributed by atoms with Crippen molar-refractivity contribution in [2.45, 2.75) is 66.0 Å². The summed E-state index contributed by atoms with van der Waals surface area (Å²) in [5, 5.41) is 0. The molecule has 3 nitrogen and oxygen atoms in total. The number of nitrogens with one attached hydrogen (secondary N) is 1. The Morgan fingerprint density at radius 2 is 1.85 bits per heavy atom. The first-order chi connectivity index (χ1) is 13.0. The third kappa shape index (κ3) is 3.50. The molecule has 1 aliphatic heterocycles. The fraction of sp³-hybridized carbons (Fsp3) is 0.542. The van der Waals surface area contributed by atoms with E-state index in [1.807, 2.05) is 0 Å². The first-order valence-corrected chi connectivity index (χ1v) is 10.6. The van der Waals surface area contributed by atoms with Gasteiger partial charge in [-0.1, -0.05) is 24.6 Å². The van der Waals surface area contributed by atoms with E-state index < -0.39 is 0 Å². The molecule has 1 aromatic heterocycles. The second kappa shape index (κ2) is 7.27. The molecular weight excluding hydrogens is 330 g/mol. The van der Waals surface area contributed by atoms with Gasteiger partial charge >= 0.3 is 0 Å². The Hall–Kier alpha value is -1.87. The van der Waals surface area contributed by atoms with Gasteiger partial charge in [0.15, 0.2) is 0 Å². The van der Waals surface area contributed by atoms with E-state index in [9.17, 15) is 0 Å². The lowest BCUT2D eigenvalue weighted by Gasteiger charge is -2.37. The highest BCUT2D eigenvalue weighted by Crippen LogP contribution is 2.39. The van der Waals surface area contributed by atoms with Gasteiger partial charge in [-0.05, 0) is 82.2 Å². The summed E-state index contributed by atoms with van der Waals surface area (Å²) in [5.74, 6) is 0.901. The van der Waals surface area contributed by atoms with Crippen LogP contribution in [-0.4, -0.2) is 34.7 Å². The van der Waals surface area contributed by atoms with Crippen LogP contribution in [-0.2, 0) is 0 Å². The van der Waals surface area contributed by atoms with Crippen molar-refractivity contribution >= 4 is 5.71 Å². The second-order valence-corrected chi connectivity index (χ2v) is 8.68. The third-order valence-electron chi connectivity index (χ3n) is 6.13. The van der Waals surface area contributed by atoms with Gasteiger partial charge in [0.25, 0.3) is 0 Å². The van der Waals surface area contributed by atoms with Crippen LogP contribution < -0.4 is 0 Å². The normalized spacial score (nSPS) is 22.1. The molecule has 2 aliphatic rings. The highest BCUT2D eigenvalue weighted by molar-refractivity contribution is 6.15. The van der Waals surface area contributed by atoms with Crippen LogP contribution in [0.3, 0.4) is 0 Å². The summed E-state index contributed by atoms with van der Waals surface area (Å²) in [6.45, 7) is 13.6. The lowest BCUT2D eigenvalue weighted by atomic mass is 9.87. The van der Waals surface area contributed by atoms with E-state index in [1.54, 1.807) is 0 Å². The Morgan fingerprint density at radius 3 is 2.48 bits per heavy atom. The molecule has 4 rings (SSSR count). The minimum atomic E-state index is 0.272. The Morgan fingerprint density at radius 1 is 1.15 bits per heavy atom. The summed E-state index contributed by atoms with van der Waals surface area (Å²) in [6, 6.07) is 7.51. The van der Waals surface area contributed by atoms with E-state index in [2.05, 4.69) is 68.9 Å². The monoisotopic (exact) mass is 363 g/mol. The van der Waals surface area contributed by atoms with Crippen LogP contribution in [0.25, 0.3) is 0 Å². The molecule has 1 aromatic carbocycles. The Labute approximate surface area is 163 Å². The summed E-state index contributed by atoms with van der Waals surface area (Å²) in [7, 11) is 0. The molecule has 0 radical (unpaired) electrons. The average Bonchev–Trinajstić information content (AvgIpc) is 3.27. The SMILES string of the molecule is CCCN(CC1CC1)C1c2cc[nH]c2C(c2c(C)cc(C)cc2C)=NC1C. The molecule has 2 heterocycles. The number of nitrogens with zero attached hydrogens (tertiary/aromatic N) is 2. The molecule has 0 spiro atoms. The highest BCUT2D eigenvalue weighted by Gasteiger charge is 2.36. The number of hydrogen-bond donors (Lipinski definition) is 1. The summed E-state index contributed by atoms with van der Waals surface area (Å²) in [5.41, 5.74) is 9.07. The Bertz CT molecular complexity index is 833. The van der Waals surface area contributed by atoms with Crippen molar-refractivity contribution in [3.8, 4) is 0 Å². The molecule has 1 N–H and O–H groups in total. The third-order valence-corrected chi connectivity index (χ3v) is 6.13. The van der Waals surface area contributed by atoms with Crippen LogP contribution >= 0.6 is 0 Å². The van der Waals surface area contributed by atoms with Crippen molar-refractivity contribution in [3.63, 3.8) is 0 Å². The number of rotatable bonds is 6. The molecular formula is C24H33N3. The topological polar surface area (TPSA) is 31.4 Å². The predicted octanol–water partition coefficient (Wildman–Crippen LogP) is 5.34. The molecule has 27 heavy (non-hydrogen) atoms. The van der Waals surface area contributed by atoms with Crippen LogP contribution in [0.5, 0.6) is 0 Å². The van der Waals surface area contributed by atoms with Crippen LogP contribution in [0.2, 0.25) is 0 Å². The summed E-state index contributed by atoms with van der Waals surface area (Å²) >= 11 is 0. The van der Waals surface area contributed by atoms with Crippen molar-refractivity contribution < 1.29 is 0 Å². The smallest absolute Gasteiger partial charge is 0.0894 e. The van der Waals surface area contributed by atoms with Gasteiger partial charge in [0.2, 0.25) is 0 Å². The molecule has 2 unspecified atom stereocenters. The van der Waals surface area contributed by atoms with Crippen LogP contribution in [0, 0.1) is 26.7 Å². The van der Waals surface area contributed by atoms with E-state index in [1.165, 1.54) is 59.3 Å². The minimum Gasteiger partial charge on any atom is -0.360 e. The number of aliphatic imine (C=N–C) groups is 1. The summed E-state index contributed by atoms with van der Waals surface area (Å²) in [6.07, 6.45) is 6.10. The van der Waals surface area contributed by atoms with Crippen molar-refractivity contribution in [2.75, 3.05) is 13.1 Å². The molecule has 0 saturated heterocycles. The quantitative estimate of drug-likeness (QED) is 0.738. The van der Waals surface area contributed by atoms with Gasteiger partial charge in [0.05, 0.1) is 23.5 Å². The first-order valence-electron chi connectivity index (χ1n) is 10.6. The zero-order valence-corrected chi connectivity index (χ0v) is 17.5. The van der Waals surface area contributed by atoms with Gasteiger partial charge < -0.3 is 4.98 Å². The highest BCUT2D eigenvalue weighted by atomic mass is 15.2. The zero-order chi connectivity index (χ0) is 19.1. The molecule has 2 aromatic rings. The van der Waals surface area contributed by atoms with Crippen LogP contribution in [0.1, 0.15) is 72.7 Å². The number of fused-ring (bicyclic) bond motifs is 1. The van der Waals surface area contributed by atoms with E-state index >= 15 is 0 Å². The average molecular weight is 364 g/mol. The fourth-order valence-electron chi connectivity index (χ4n) is 4.94. The van der Waals surface area contributed by atoms with E-state index in [4.69, 9.17) is 4.99 Å². The van der Waals surface area contributed by atoms with Crippen molar-refractivity contribution in [2.24, 2.45) is 10.9 Å². The molecule has 1 aliphatic carbocycles. The lowest BCUT2D eigenvalue weighted by molar-refractivity contribution is 0.168. The van der Waals surface area contributed by atoms with Crippen molar-refractivity contribution in [3.05, 3.63) is 57.9 Å². The van der Waals surface area contributed by atoms with Crippen molar-refractivity contribution in [1.82, 2.24) is 9.88 Å². The molecule has 0 bridgehead atoms. The maximum absolute atomic E-state index is 5.27. The fourth-order valence-corrected chi connectivity index (χ4v) is 4.94.